The van der Waals surface area contributed by atoms with Gasteiger partial charge in [-0.2, -0.15) is 0 Å². The van der Waals surface area contributed by atoms with Gasteiger partial charge in [0.15, 0.2) is 0 Å². The molecule has 112 valence electrons. The number of rotatable bonds is 0. The van der Waals surface area contributed by atoms with E-state index in [1.807, 2.05) is 0 Å². The molecule has 0 saturated carbocycles. The van der Waals surface area contributed by atoms with Gasteiger partial charge in [-0.1, -0.05) is 0 Å². The zero-order valence-corrected chi connectivity index (χ0v) is 11.5. The summed E-state index contributed by atoms with van der Waals surface area (Å²) in [7, 11) is -10.7. The van der Waals surface area contributed by atoms with Crippen molar-refractivity contribution in [1.82, 2.24) is 0 Å². The molecular formula is C9H18F6NOP. The van der Waals surface area contributed by atoms with Gasteiger partial charge in [-0.15, -0.1) is 0 Å². The molecule has 9 heteroatoms. The average molecular weight is 301 g/mol. The molecule has 1 heterocycles. The summed E-state index contributed by atoms with van der Waals surface area (Å²) in [5, 5.41) is 2.31. The van der Waals surface area contributed by atoms with Crippen molar-refractivity contribution in [1.29, 1.82) is 0 Å². The van der Waals surface area contributed by atoms with Crippen molar-refractivity contribution in [3.05, 3.63) is 0 Å². The van der Waals surface area contributed by atoms with Crippen LogP contribution in [-0.4, -0.2) is 16.9 Å². The van der Waals surface area contributed by atoms with Gasteiger partial charge in [-0.05, 0) is 27.7 Å². The van der Waals surface area contributed by atoms with Crippen LogP contribution in [0.2, 0.25) is 0 Å². The molecular weight excluding hydrogens is 283 g/mol. The average Bonchev–Trinajstić information content (AvgIpc) is 1.64. The minimum absolute atomic E-state index is 0.110. The molecule has 0 spiro atoms. The van der Waals surface area contributed by atoms with E-state index in [2.05, 4.69) is 33.0 Å². The Morgan fingerprint density at radius 1 is 0.889 bits per heavy atom. The van der Waals surface area contributed by atoms with Gasteiger partial charge < -0.3 is 5.32 Å². The fourth-order valence-electron chi connectivity index (χ4n) is 2.24. The maximum atomic E-state index is 11.3. The van der Waals surface area contributed by atoms with Crippen LogP contribution >= 0.6 is 7.81 Å². The molecule has 0 radical (unpaired) electrons. The third-order valence-corrected chi connectivity index (χ3v) is 2.09. The van der Waals surface area contributed by atoms with Crippen molar-refractivity contribution >= 4 is 13.6 Å². The monoisotopic (exact) mass is 301 g/mol. The summed E-state index contributed by atoms with van der Waals surface area (Å²) in [6.45, 7) is 8.52. The molecule has 1 saturated heterocycles. The first-order valence-electron chi connectivity index (χ1n) is 5.21. The van der Waals surface area contributed by atoms with E-state index in [9.17, 15) is 30.0 Å². The standard InChI is InChI=1S/C9H17NO.F6P/c1-8(2)5-7(11)6-9(3,4)10-8;1-7(2,3,4,5)6/h10H,5-6H2,1-4H3;/q;-1/p+1. The summed E-state index contributed by atoms with van der Waals surface area (Å²) in [6.07, 6.45) is 1.44. The molecule has 1 aliphatic rings. The van der Waals surface area contributed by atoms with Crippen molar-refractivity contribution in [2.45, 2.75) is 51.6 Å². The second kappa shape index (κ2) is 3.82. The van der Waals surface area contributed by atoms with Gasteiger partial charge in [-0.3, -0.25) is 4.79 Å². The molecule has 0 aromatic carbocycles. The Kier molecular flexibility index (Phi) is 3.74. The molecule has 1 fully saturated rings. The number of Topliss-reactive ketones (excluding diaryl/α,β-unsaturated/α-hetero) is 1. The zero-order chi connectivity index (χ0) is 15.1. The van der Waals surface area contributed by atoms with Crippen molar-refractivity contribution in [2.75, 3.05) is 0 Å². The number of nitrogens with two attached hydrogens (primary N) is 1. The van der Waals surface area contributed by atoms with Gasteiger partial charge in [0.25, 0.3) is 0 Å². The molecule has 0 atom stereocenters. The third-order valence-electron chi connectivity index (χ3n) is 2.09. The van der Waals surface area contributed by atoms with Crippen molar-refractivity contribution in [2.24, 2.45) is 0 Å². The molecule has 1 aliphatic heterocycles. The Bertz CT molecular complexity index is 315. The first-order valence-corrected chi connectivity index (χ1v) is 7.24. The fourth-order valence-corrected chi connectivity index (χ4v) is 2.24. The second-order valence-electron chi connectivity index (χ2n) is 5.97. The summed E-state index contributed by atoms with van der Waals surface area (Å²) in [5.41, 5.74) is 0.220. The number of quaternary nitrogens is 1. The fraction of sp³-hybridized carbons (Fsp3) is 0.889. The first kappa shape index (κ1) is 17.6. The van der Waals surface area contributed by atoms with Crippen LogP contribution in [-0.2, 0) is 4.79 Å². The Morgan fingerprint density at radius 2 is 1.11 bits per heavy atom. The van der Waals surface area contributed by atoms with Crippen LogP contribution in [0.15, 0.2) is 0 Å². The van der Waals surface area contributed by atoms with Crippen LogP contribution in [0.5, 0.6) is 0 Å². The summed E-state index contributed by atoms with van der Waals surface area (Å²) < 4.78 is 59.2. The van der Waals surface area contributed by atoms with Gasteiger partial charge >= 0.3 is 33.0 Å². The van der Waals surface area contributed by atoms with E-state index in [0.29, 0.717) is 5.78 Å². The number of carbonyl (C=O) groups is 1. The maximum absolute atomic E-state index is 11.3. The van der Waals surface area contributed by atoms with Crippen LogP contribution < -0.4 is 5.32 Å². The summed E-state index contributed by atoms with van der Waals surface area (Å²) in [5.74, 6) is 0.405. The Hall–Kier alpha value is -0.360. The number of ketones is 1. The van der Waals surface area contributed by atoms with Crippen LogP contribution in [0.25, 0.3) is 0 Å². The van der Waals surface area contributed by atoms with E-state index < -0.39 is 7.81 Å². The van der Waals surface area contributed by atoms with E-state index in [-0.39, 0.29) is 11.1 Å². The first-order chi connectivity index (χ1) is 7.26. The minimum atomic E-state index is -10.7. The normalized spacial score (nSPS) is 26.4. The van der Waals surface area contributed by atoms with E-state index in [0.717, 1.165) is 12.8 Å². The van der Waals surface area contributed by atoms with E-state index in [1.165, 1.54) is 0 Å². The van der Waals surface area contributed by atoms with E-state index in [4.69, 9.17) is 0 Å². The Labute approximate surface area is 101 Å². The van der Waals surface area contributed by atoms with Crippen LogP contribution in [0.1, 0.15) is 40.5 Å². The molecule has 2 nitrogen and oxygen atoms in total. The molecule has 0 bridgehead atoms. The van der Waals surface area contributed by atoms with Crippen LogP contribution in [0.4, 0.5) is 25.2 Å². The number of hydrogen-bond acceptors (Lipinski definition) is 1. The molecule has 0 unspecified atom stereocenters. The number of carbonyl (C=O) groups excluding carboxylic acids is 1. The van der Waals surface area contributed by atoms with Crippen LogP contribution in [0, 0.1) is 0 Å². The van der Waals surface area contributed by atoms with E-state index >= 15 is 0 Å². The summed E-state index contributed by atoms with van der Waals surface area (Å²) >= 11 is 0. The molecule has 0 aromatic heterocycles. The second-order valence-corrected chi connectivity index (χ2v) is 7.89. The summed E-state index contributed by atoms with van der Waals surface area (Å²) in [6, 6.07) is 0. The van der Waals surface area contributed by atoms with E-state index in [1.54, 1.807) is 0 Å². The topological polar surface area (TPSA) is 33.7 Å². The van der Waals surface area contributed by atoms with Gasteiger partial charge in [0.05, 0.1) is 23.9 Å². The Morgan fingerprint density at radius 3 is 1.28 bits per heavy atom. The van der Waals surface area contributed by atoms with Gasteiger partial charge in [0.1, 0.15) is 5.78 Å². The molecule has 0 aliphatic carbocycles. The van der Waals surface area contributed by atoms with Crippen molar-refractivity contribution in [3.8, 4) is 0 Å². The number of hydrogen-bond donors (Lipinski definition) is 1. The predicted molar refractivity (Wildman–Crippen MR) is 57.9 cm³/mol. The Balaban J connectivity index is 0.000000360. The SMILES string of the molecule is CC1(C)CC(=O)CC(C)(C)[NH2+]1.F[P-](F)(F)(F)(F)F. The molecule has 0 amide bonds. The van der Waals surface area contributed by atoms with Gasteiger partial charge in [-0.25, -0.2) is 0 Å². The van der Waals surface area contributed by atoms with Crippen molar-refractivity contribution < 1.29 is 35.3 Å². The zero-order valence-electron chi connectivity index (χ0n) is 10.6. The number of piperidine rings is 1. The van der Waals surface area contributed by atoms with Crippen LogP contribution in [0.3, 0.4) is 0 Å². The summed E-state index contributed by atoms with van der Waals surface area (Å²) in [4.78, 5) is 11.3. The molecule has 1 rings (SSSR count). The molecule has 0 aromatic rings. The predicted octanol–water partition coefficient (Wildman–Crippen LogP) is 3.85. The van der Waals surface area contributed by atoms with Gasteiger partial charge in [0, 0.05) is 0 Å². The quantitative estimate of drug-likeness (QED) is 0.535. The molecule has 2 N–H and O–H groups in total. The van der Waals surface area contributed by atoms with Gasteiger partial charge in [0.2, 0.25) is 0 Å². The molecule has 18 heavy (non-hydrogen) atoms. The van der Waals surface area contributed by atoms with Crippen molar-refractivity contribution in [3.63, 3.8) is 0 Å². The third kappa shape index (κ3) is 13.7. The number of halogens is 6.